The van der Waals surface area contributed by atoms with E-state index in [0.717, 1.165) is 31.9 Å². The molecular weight excluding hydrogens is 210 g/mol. The summed E-state index contributed by atoms with van der Waals surface area (Å²) in [5.74, 6) is 0. The van der Waals surface area contributed by atoms with Crippen LogP contribution in [0.1, 0.15) is 32.0 Å². The third-order valence-electron chi connectivity index (χ3n) is 3.03. The Bertz CT molecular complexity index is 304. The third kappa shape index (κ3) is 5.29. The van der Waals surface area contributed by atoms with Crippen molar-refractivity contribution >= 4 is 0 Å². The lowest BCUT2D eigenvalue weighted by Gasteiger charge is -2.23. The van der Waals surface area contributed by atoms with E-state index < -0.39 is 0 Å². The van der Waals surface area contributed by atoms with Gasteiger partial charge in [0.15, 0.2) is 0 Å². The second-order valence-corrected chi connectivity index (χ2v) is 4.59. The Morgan fingerprint density at radius 1 is 1.29 bits per heavy atom. The fourth-order valence-electron chi connectivity index (χ4n) is 1.82. The van der Waals surface area contributed by atoms with E-state index in [1.807, 2.05) is 6.20 Å². The fourth-order valence-corrected chi connectivity index (χ4v) is 1.82. The van der Waals surface area contributed by atoms with Crippen molar-refractivity contribution in [2.24, 2.45) is 0 Å². The topological polar surface area (TPSA) is 28.2 Å². The molecule has 1 aromatic rings. The highest BCUT2D eigenvalue weighted by atomic mass is 15.1. The number of nitrogens with zero attached hydrogens (tertiary/aromatic N) is 2. The van der Waals surface area contributed by atoms with Gasteiger partial charge in [0.25, 0.3) is 0 Å². The summed E-state index contributed by atoms with van der Waals surface area (Å²) in [5.41, 5.74) is 2.33. The van der Waals surface area contributed by atoms with Crippen molar-refractivity contribution in [1.29, 1.82) is 0 Å². The molecule has 0 aliphatic rings. The zero-order valence-corrected chi connectivity index (χ0v) is 11.5. The van der Waals surface area contributed by atoms with Crippen LogP contribution in [0.5, 0.6) is 0 Å². The molecule has 1 N–H and O–H groups in total. The Morgan fingerprint density at radius 2 is 2.00 bits per heavy atom. The first-order valence-electron chi connectivity index (χ1n) is 6.53. The van der Waals surface area contributed by atoms with Crippen LogP contribution in [0, 0.1) is 6.92 Å². The highest BCUT2D eigenvalue weighted by Gasteiger charge is 2.06. The predicted octanol–water partition coefficient (Wildman–Crippen LogP) is 2.21. The molecule has 1 rings (SSSR count). The monoisotopic (exact) mass is 235 g/mol. The summed E-state index contributed by atoms with van der Waals surface area (Å²) < 4.78 is 0. The zero-order chi connectivity index (χ0) is 12.7. The van der Waals surface area contributed by atoms with Crippen LogP contribution in [-0.4, -0.2) is 35.6 Å². The summed E-state index contributed by atoms with van der Waals surface area (Å²) in [4.78, 5) is 6.82. The van der Waals surface area contributed by atoms with E-state index in [9.17, 15) is 0 Å². The van der Waals surface area contributed by atoms with Gasteiger partial charge in [-0.1, -0.05) is 19.9 Å². The van der Waals surface area contributed by atoms with Gasteiger partial charge in [-0.05, 0) is 38.6 Å². The summed E-state index contributed by atoms with van der Waals surface area (Å²) in [6.45, 7) is 12.9. The van der Waals surface area contributed by atoms with Gasteiger partial charge in [-0.3, -0.25) is 4.98 Å². The molecule has 0 amide bonds. The number of rotatable bonds is 7. The van der Waals surface area contributed by atoms with Gasteiger partial charge in [0.1, 0.15) is 0 Å². The Kier molecular flexibility index (Phi) is 6.16. The van der Waals surface area contributed by atoms with Crippen LogP contribution < -0.4 is 5.32 Å². The van der Waals surface area contributed by atoms with Gasteiger partial charge in [-0.15, -0.1) is 0 Å². The van der Waals surface area contributed by atoms with Gasteiger partial charge in [0.2, 0.25) is 0 Å². The zero-order valence-electron chi connectivity index (χ0n) is 11.5. The number of likely N-dealkylation sites (N-methyl/N-ethyl adjacent to an activating group) is 1. The first-order chi connectivity index (χ1) is 8.15. The quantitative estimate of drug-likeness (QED) is 0.785. The van der Waals surface area contributed by atoms with Crippen molar-refractivity contribution in [3.8, 4) is 0 Å². The smallest absolute Gasteiger partial charge is 0.0541 e. The standard InChI is InChI=1S/C14H25N3/c1-5-17(6-2)11-13(4)15-10-14-8-7-12(3)9-16-14/h7-9,13,15H,5-6,10-11H2,1-4H3. The van der Waals surface area contributed by atoms with Gasteiger partial charge in [0.05, 0.1) is 5.69 Å². The lowest BCUT2D eigenvalue weighted by molar-refractivity contribution is 0.270. The molecule has 0 aliphatic carbocycles. The minimum absolute atomic E-state index is 0.498. The molecule has 0 saturated heterocycles. The molecule has 1 heterocycles. The summed E-state index contributed by atoms with van der Waals surface area (Å²) in [6.07, 6.45) is 1.92. The largest absolute Gasteiger partial charge is 0.307 e. The lowest BCUT2D eigenvalue weighted by atomic mass is 10.2. The van der Waals surface area contributed by atoms with Crippen LogP contribution in [0.3, 0.4) is 0 Å². The molecule has 0 aromatic carbocycles. The van der Waals surface area contributed by atoms with Crippen molar-refractivity contribution in [2.45, 2.75) is 40.3 Å². The van der Waals surface area contributed by atoms with Crippen molar-refractivity contribution in [3.05, 3.63) is 29.6 Å². The molecule has 17 heavy (non-hydrogen) atoms. The number of pyridine rings is 1. The molecular formula is C14H25N3. The third-order valence-corrected chi connectivity index (χ3v) is 3.03. The van der Waals surface area contributed by atoms with E-state index in [-0.39, 0.29) is 0 Å². The molecule has 0 saturated carbocycles. The van der Waals surface area contributed by atoms with E-state index in [4.69, 9.17) is 0 Å². The van der Waals surface area contributed by atoms with Crippen LogP contribution in [0.2, 0.25) is 0 Å². The molecule has 96 valence electrons. The van der Waals surface area contributed by atoms with Crippen molar-refractivity contribution in [3.63, 3.8) is 0 Å². The second kappa shape index (κ2) is 7.41. The van der Waals surface area contributed by atoms with E-state index in [0.29, 0.717) is 6.04 Å². The maximum Gasteiger partial charge on any atom is 0.0541 e. The van der Waals surface area contributed by atoms with Crippen molar-refractivity contribution < 1.29 is 0 Å². The van der Waals surface area contributed by atoms with E-state index in [2.05, 4.69) is 55.0 Å². The predicted molar refractivity (Wildman–Crippen MR) is 73.1 cm³/mol. The van der Waals surface area contributed by atoms with Crippen LogP contribution >= 0.6 is 0 Å². The SMILES string of the molecule is CCN(CC)CC(C)NCc1ccc(C)cn1. The van der Waals surface area contributed by atoms with Crippen molar-refractivity contribution in [2.75, 3.05) is 19.6 Å². The maximum atomic E-state index is 4.39. The number of nitrogens with one attached hydrogen (secondary N) is 1. The molecule has 1 aromatic heterocycles. The summed E-state index contributed by atoms with van der Waals surface area (Å²) in [6, 6.07) is 4.70. The highest BCUT2D eigenvalue weighted by Crippen LogP contribution is 1.99. The van der Waals surface area contributed by atoms with Gasteiger partial charge in [-0.2, -0.15) is 0 Å². The molecule has 0 fully saturated rings. The maximum absolute atomic E-state index is 4.39. The average molecular weight is 235 g/mol. The van der Waals surface area contributed by atoms with Gasteiger partial charge >= 0.3 is 0 Å². The Morgan fingerprint density at radius 3 is 2.53 bits per heavy atom. The molecule has 1 atom stereocenters. The van der Waals surface area contributed by atoms with Crippen LogP contribution in [-0.2, 0) is 6.54 Å². The lowest BCUT2D eigenvalue weighted by Crippen LogP contribution is -2.38. The molecule has 0 aliphatic heterocycles. The molecule has 3 heteroatoms. The first kappa shape index (κ1) is 14.1. The van der Waals surface area contributed by atoms with E-state index in [1.54, 1.807) is 0 Å². The van der Waals surface area contributed by atoms with Crippen LogP contribution in [0.4, 0.5) is 0 Å². The average Bonchev–Trinajstić information content (AvgIpc) is 2.35. The van der Waals surface area contributed by atoms with Gasteiger partial charge < -0.3 is 10.2 Å². The molecule has 1 unspecified atom stereocenters. The van der Waals surface area contributed by atoms with E-state index in [1.165, 1.54) is 5.56 Å². The second-order valence-electron chi connectivity index (χ2n) is 4.59. The van der Waals surface area contributed by atoms with Crippen LogP contribution in [0.25, 0.3) is 0 Å². The number of hydrogen-bond acceptors (Lipinski definition) is 3. The molecule has 3 nitrogen and oxygen atoms in total. The van der Waals surface area contributed by atoms with Crippen molar-refractivity contribution in [1.82, 2.24) is 15.2 Å². The summed E-state index contributed by atoms with van der Waals surface area (Å²) in [5, 5.41) is 3.51. The number of hydrogen-bond donors (Lipinski definition) is 1. The minimum atomic E-state index is 0.498. The highest BCUT2D eigenvalue weighted by molar-refractivity contribution is 5.11. The number of aromatic nitrogens is 1. The van der Waals surface area contributed by atoms with Crippen LogP contribution in [0.15, 0.2) is 18.3 Å². The Balaban J connectivity index is 2.32. The first-order valence-corrected chi connectivity index (χ1v) is 6.53. The van der Waals surface area contributed by atoms with Gasteiger partial charge in [0, 0.05) is 25.3 Å². The summed E-state index contributed by atoms with van der Waals surface area (Å²) >= 11 is 0. The Labute approximate surface area is 105 Å². The van der Waals surface area contributed by atoms with E-state index >= 15 is 0 Å². The number of aryl methyl sites for hydroxylation is 1. The normalized spacial score (nSPS) is 13.0. The fraction of sp³-hybridized carbons (Fsp3) is 0.643. The summed E-state index contributed by atoms with van der Waals surface area (Å²) in [7, 11) is 0. The molecule has 0 bridgehead atoms. The Hall–Kier alpha value is -0.930. The molecule has 0 spiro atoms. The van der Waals surface area contributed by atoms with Gasteiger partial charge in [-0.25, -0.2) is 0 Å². The molecule has 0 radical (unpaired) electrons. The minimum Gasteiger partial charge on any atom is -0.307 e.